The van der Waals surface area contributed by atoms with Gasteiger partial charge in [-0.3, -0.25) is 0 Å². The lowest BCUT2D eigenvalue weighted by Gasteiger charge is -2.33. The van der Waals surface area contributed by atoms with Gasteiger partial charge < -0.3 is 5.32 Å². The first-order valence-corrected chi connectivity index (χ1v) is 6.86. The predicted molar refractivity (Wildman–Crippen MR) is 75.8 cm³/mol. The van der Waals surface area contributed by atoms with Gasteiger partial charge >= 0.3 is 0 Å². The summed E-state index contributed by atoms with van der Waals surface area (Å²) < 4.78 is 13.1. The molecule has 2 aromatic carbocycles. The van der Waals surface area contributed by atoms with Gasteiger partial charge in [0.05, 0.1) is 0 Å². The summed E-state index contributed by atoms with van der Waals surface area (Å²) in [7, 11) is 0. The van der Waals surface area contributed by atoms with E-state index >= 15 is 0 Å². The van der Waals surface area contributed by atoms with Crippen LogP contribution in [0.2, 0.25) is 0 Å². The van der Waals surface area contributed by atoms with E-state index in [0.717, 1.165) is 19.5 Å². The number of nitrogens with one attached hydrogen (secondary N) is 1. The van der Waals surface area contributed by atoms with Crippen molar-refractivity contribution in [2.75, 3.05) is 13.1 Å². The number of halogens is 1. The molecule has 2 heteroatoms. The molecule has 0 bridgehead atoms. The highest BCUT2D eigenvalue weighted by Crippen LogP contribution is 2.37. The highest BCUT2D eigenvalue weighted by atomic mass is 19.1. The number of rotatable bonds is 2. The Morgan fingerprint density at radius 3 is 2.26 bits per heavy atom. The molecule has 2 unspecified atom stereocenters. The lowest BCUT2D eigenvalue weighted by molar-refractivity contribution is 0.404. The molecular formula is C17H18FN. The van der Waals surface area contributed by atoms with Crippen LogP contribution in [0, 0.1) is 5.82 Å². The minimum atomic E-state index is -0.158. The van der Waals surface area contributed by atoms with Gasteiger partial charge in [-0.15, -0.1) is 0 Å². The molecule has 98 valence electrons. The molecule has 0 amide bonds. The van der Waals surface area contributed by atoms with Crippen molar-refractivity contribution >= 4 is 0 Å². The van der Waals surface area contributed by atoms with Crippen molar-refractivity contribution in [2.24, 2.45) is 0 Å². The molecule has 1 N–H and O–H groups in total. The molecule has 0 saturated carbocycles. The van der Waals surface area contributed by atoms with Crippen LogP contribution in [0.3, 0.4) is 0 Å². The highest BCUT2D eigenvalue weighted by molar-refractivity contribution is 5.30. The second-order valence-electron chi connectivity index (χ2n) is 5.17. The fourth-order valence-corrected chi connectivity index (χ4v) is 3.02. The Hall–Kier alpha value is -1.67. The van der Waals surface area contributed by atoms with Gasteiger partial charge in [-0.1, -0.05) is 42.5 Å². The molecular weight excluding hydrogens is 237 g/mol. The first-order valence-electron chi connectivity index (χ1n) is 6.86. The summed E-state index contributed by atoms with van der Waals surface area (Å²) in [6.07, 6.45) is 1.10. The van der Waals surface area contributed by atoms with Gasteiger partial charge in [0.15, 0.2) is 0 Å². The molecule has 1 aliphatic rings. The zero-order valence-corrected chi connectivity index (χ0v) is 10.9. The molecule has 0 aliphatic carbocycles. The first-order chi connectivity index (χ1) is 9.34. The smallest absolute Gasteiger partial charge is 0.123 e. The molecule has 19 heavy (non-hydrogen) atoms. The first kappa shape index (κ1) is 12.4. The molecule has 3 rings (SSSR count). The molecule has 1 saturated heterocycles. The van der Waals surface area contributed by atoms with Crippen LogP contribution in [-0.2, 0) is 0 Å². The second kappa shape index (κ2) is 5.54. The Bertz CT molecular complexity index is 521. The average molecular weight is 255 g/mol. The molecule has 1 nitrogen and oxygen atoms in total. The Balaban J connectivity index is 1.91. The second-order valence-corrected chi connectivity index (χ2v) is 5.17. The minimum Gasteiger partial charge on any atom is -0.316 e. The van der Waals surface area contributed by atoms with Crippen LogP contribution in [0.1, 0.15) is 29.4 Å². The molecule has 2 aromatic rings. The monoisotopic (exact) mass is 255 g/mol. The molecule has 2 atom stereocenters. The molecule has 0 spiro atoms. The lowest BCUT2D eigenvalue weighted by atomic mass is 9.77. The summed E-state index contributed by atoms with van der Waals surface area (Å²) in [4.78, 5) is 0. The van der Waals surface area contributed by atoms with Crippen LogP contribution in [-0.4, -0.2) is 13.1 Å². The van der Waals surface area contributed by atoms with Crippen LogP contribution in [0.25, 0.3) is 0 Å². The summed E-state index contributed by atoms with van der Waals surface area (Å²) in [5, 5.41) is 3.47. The number of hydrogen-bond acceptors (Lipinski definition) is 1. The maximum Gasteiger partial charge on any atom is 0.123 e. The molecule has 1 aliphatic heterocycles. The van der Waals surface area contributed by atoms with E-state index in [1.165, 1.54) is 11.1 Å². The fourth-order valence-electron chi connectivity index (χ4n) is 3.02. The Morgan fingerprint density at radius 2 is 1.53 bits per heavy atom. The van der Waals surface area contributed by atoms with Crippen molar-refractivity contribution in [2.45, 2.75) is 18.3 Å². The van der Waals surface area contributed by atoms with E-state index < -0.39 is 0 Å². The Morgan fingerprint density at radius 1 is 0.842 bits per heavy atom. The van der Waals surface area contributed by atoms with Crippen LogP contribution < -0.4 is 5.32 Å². The van der Waals surface area contributed by atoms with Crippen molar-refractivity contribution < 1.29 is 4.39 Å². The van der Waals surface area contributed by atoms with Gasteiger partial charge in [-0.25, -0.2) is 4.39 Å². The predicted octanol–water partition coefficient (Wildman–Crippen LogP) is 3.69. The summed E-state index contributed by atoms with van der Waals surface area (Å²) in [5.41, 5.74) is 2.61. The van der Waals surface area contributed by atoms with Crippen LogP contribution in [0.4, 0.5) is 4.39 Å². The molecule has 0 aromatic heterocycles. The van der Waals surface area contributed by atoms with Crippen LogP contribution >= 0.6 is 0 Å². The zero-order chi connectivity index (χ0) is 13.1. The van der Waals surface area contributed by atoms with Crippen molar-refractivity contribution in [1.29, 1.82) is 0 Å². The third kappa shape index (κ3) is 2.69. The van der Waals surface area contributed by atoms with E-state index in [2.05, 4.69) is 29.6 Å². The summed E-state index contributed by atoms with van der Waals surface area (Å²) >= 11 is 0. The Kier molecular flexibility index (Phi) is 3.60. The highest BCUT2D eigenvalue weighted by Gasteiger charge is 2.27. The van der Waals surface area contributed by atoms with Crippen molar-refractivity contribution in [3.05, 3.63) is 71.5 Å². The van der Waals surface area contributed by atoms with E-state index in [9.17, 15) is 4.39 Å². The molecule has 1 heterocycles. The summed E-state index contributed by atoms with van der Waals surface area (Å²) in [5.74, 6) is 0.790. The summed E-state index contributed by atoms with van der Waals surface area (Å²) in [6.45, 7) is 2.03. The molecule has 1 fully saturated rings. The number of piperidine rings is 1. The van der Waals surface area contributed by atoms with Crippen LogP contribution in [0.5, 0.6) is 0 Å². The van der Waals surface area contributed by atoms with E-state index in [-0.39, 0.29) is 5.82 Å². The van der Waals surface area contributed by atoms with Crippen molar-refractivity contribution in [3.8, 4) is 0 Å². The summed E-state index contributed by atoms with van der Waals surface area (Å²) in [6, 6.07) is 17.6. The van der Waals surface area contributed by atoms with Gasteiger partial charge in [0.2, 0.25) is 0 Å². The van der Waals surface area contributed by atoms with Gasteiger partial charge in [-0.2, -0.15) is 0 Å². The Labute approximate surface area is 113 Å². The SMILES string of the molecule is Fc1ccc(C2CCNCC2c2ccccc2)cc1. The van der Waals surface area contributed by atoms with Crippen LogP contribution in [0.15, 0.2) is 54.6 Å². The third-order valence-corrected chi connectivity index (χ3v) is 4.01. The number of hydrogen-bond donors (Lipinski definition) is 1. The van der Waals surface area contributed by atoms with Crippen molar-refractivity contribution in [1.82, 2.24) is 5.32 Å². The fraction of sp³-hybridized carbons (Fsp3) is 0.294. The maximum absolute atomic E-state index is 13.1. The largest absolute Gasteiger partial charge is 0.316 e. The molecule has 0 radical (unpaired) electrons. The van der Waals surface area contributed by atoms with E-state index in [4.69, 9.17) is 0 Å². The van der Waals surface area contributed by atoms with Gasteiger partial charge in [0, 0.05) is 12.5 Å². The van der Waals surface area contributed by atoms with Gasteiger partial charge in [0.1, 0.15) is 5.82 Å². The van der Waals surface area contributed by atoms with E-state index in [1.807, 2.05) is 18.2 Å². The maximum atomic E-state index is 13.1. The lowest BCUT2D eigenvalue weighted by Crippen LogP contribution is -2.34. The van der Waals surface area contributed by atoms with Crippen molar-refractivity contribution in [3.63, 3.8) is 0 Å². The minimum absolute atomic E-state index is 0.158. The van der Waals surface area contributed by atoms with Gasteiger partial charge in [0.25, 0.3) is 0 Å². The topological polar surface area (TPSA) is 12.0 Å². The number of benzene rings is 2. The standard InChI is InChI=1S/C17H18FN/c18-15-8-6-14(7-9-15)16-10-11-19-12-17(16)13-4-2-1-3-5-13/h1-9,16-17,19H,10-12H2. The zero-order valence-electron chi connectivity index (χ0n) is 10.9. The van der Waals surface area contributed by atoms with E-state index in [1.54, 1.807) is 12.1 Å². The quantitative estimate of drug-likeness (QED) is 0.863. The average Bonchev–Trinajstić information content (AvgIpc) is 2.49. The normalized spacial score (nSPS) is 23.2. The third-order valence-electron chi connectivity index (χ3n) is 4.01. The van der Waals surface area contributed by atoms with Gasteiger partial charge in [-0.05, 0) is 42.1 Å². The van der Waals surface area contributed by atoms with E-state index in [0.29, 0.717) is 11.8 Å².